The van der Waals surface area contributed by atoms with E-state index in [1.54, 1.807) is 12.1 Å². The summed E-state index contributed by atoms with van der Waals surface area (Å²) in [4.78, 5) is 0. The topological polar surface area (TPSA) is 0 Å². The molecule has 0 aliphatic heterocycles. The smallest absolute Gasteiger partial charge is 0.129 e. The lowest BCUT2D eigenvalue weighted by Gasteiger charge is -2.32. The summed E-state index contributed by atoms with van der Waals surface area (Å²) in [5.41, 5.74) is 2.12. The van der Waals surface area contributed by atoms with Crippen LogP contribution >= 0.6 is 11.6 Å². The molecule has 0 aromatic heterocycles. The van der Waals surface area contributed by atoms with Gasteiger partial charge in [-0.3, -0.25) is 0 Å². The van der Waals surface area contributed by atoms with Crippen LogP contribution in [0, 0.1) is 29.4 Å². The molecule has 4 rings (SSSR count). The first kappa shape index (κ1) is 29.6. The Bertz CT molecular complexity index is 929. The minimum Gasteiger partial charge on any atom is -0.207 e. The molecule has 0 saturated heterocycles. The molecule has 2 fully saturated rings. The van der Waals surface area contributed by atoms with Crippen molar-refractivity contribution in [2.75, 3.05) is 0 Å². The molecule has 210 valence electrons. The Balaban J connectivity index is 1.15. The van der Waals surface area contributed by atoms with Crippen LogP contribution < -0.4 is 0 Å². The zero-order valence-electron chi connectivity index (χ0n) is 23.6. The largest absolute Gasteiger partial charge is 0.207 e. The molecule has 0 radical (unpaired) electrons. The normalized spacial score (nSPS) is 24.0. The van der Waals surface area contributed by atoms with Gasteiger partial charge in [0.05, 0.1) is 0 Å². The summed E-state index contributed by atoms with van der Waals surface area (Å²) in [6.07, 6.45) is 22.6. The van der Waals surface area contributed by atoms with E-state index in [0.29, 0.717) is 23.8 Å². The molecule has 0 atom stereocenters. The van der Waals surface area contributed by atoms with Crippen LogP contribution in [-0.4, -0.2) is 0 Å². The molecule has 2 aliphatic rings. The Labute approximate surface area is 236 Å². The van der Waals surface area contributed by atoms with E-state index in [9.17, 15) is 8.78 Å². The summed E-state index contributed by atoms with van der Waals surface area (Å²) in [5.74, 6) is 2.27. The molecular formula is C35H49ClF2. The van der Waals surface area contributed by atoms with Gasteiger partial charge in [-0.15, -0.1) is 0 Å². The fraction of sp³-hybridized carbons (Fsp3) is 0.657. The third kappa shape index (κ3) is 9.07. The van der Waals surface area contributed by atoms with Crippen molar-refractivity contribution in [2.45, 2.75) is 128 Å². The lowest BCUT2D eigenvalue weighted by molar-refractivity contribution is 0.222. The van der Waals surface area contributed by atoms with E-state index in [0.717, 1.165) is 41.7 Å². The Kier molecular flexibility index (Phi) is 12.0. The van der Waals surface area contributed by atoms with Crippen molar-refractivity contribution >= 4 is 11.6 Å². The minimum absolute atomic E-state index is 0.212. The van der Waals surface area contributed by atoms with Crippen LogP contribution in [0.25, 0.3) is 0 Å². The number of aryl methyl sites for hydroxylation is 1. The van der Waals surface area contributed by atoms with Crippen LogP contribution in [0.5, 0.6) is 0 Å². The summed E-state index contributed by atoms with van der Waals surface area (Å²) in [7, 11) is 0. The first-order valence-electron chi connectivity index (χ1n) is 15.7. The van der Waals surface area contributed by atoms with Crippen molar-refractivity contribution in [1.82, 2.24) is 0 Å². The van der Waals surface area contributed by atoms with Crippen LogP contribution in [0.4, 0.5) is 8.78 Å². The predicted octanol–water partition coefficient (Wildman–Crippen LogP) is 11.6. The van der Waals surface area contributed by atoms with Crippen LogP contribution in [0.15, 0.2) is 36.4 Å². The van der Waals surface area contributed by atoms with E-state index in [1.807, 2.05) is 24.3 Å². The molecule has 2 aromatic carbocycles. The Morgan fingerprint density at radius 1 is 0.658 bits per heavy atom. The van der Waals surface area contributed by atoms with Crippen LogP contribution in [0.2, 0.25) is 5.02 Å². The molecule has 2 saturated carbocycles. The molecule has 0 unspecified atom stereocenters. The van der Waals surface area contributed by atoms with Gasteiger partial charge >= 0.3 is 0 Å². The van der Waals surface area contributed by atoms with E-state index in [1.165, 1.54) is 89.9 Å². The molecule has 0 nitrogen and oxygen atoms in total. The van der Waals surface area contributed by atoms with Crippen LogP contribution in [-0.2, 0) is 12.8 Å². The Morgan fingerprint density at radius 2 is 1.18 bits per heavy atom. The monoisotopic (exact) mass is 542 g/mol. The van der Waals surface area contributed by atoms with E-state index in [2.05, 4.69) is 6.92 Å². The molecule has 0 amide bonds. The number of benzene rings is 2. The van der Waals surface area contributed by atoms with Crippen molar-refractivity contribution in [2.24, 2.45) is 17.8 Å². The zero-order valence-corrected chi connectivity index (χ0v) is 24.4. The minimum atomic E-state index is -0.382. The number of rotatable bonds is 13. The molecule has 0 heterocycles. The quantitative estimate of drug-likeness (QED) is 0.221. The number of hydrogen-bond acceptors (Lipinski definition) is 0. The van der Waals surface area contributed by atoms with E-state index >= 15 is 0 Å². The Hall–Kier alpha value is -1.41. The number of halogens is 3. The van der Waals surface area contributed by atoms with Gasteiger partial charge in [0.2, 0.25) is 0 Å². The van der Waals surface area contributed by atoms with Crippen molar-refractivity contribution in [3.05, 3.63) is 69.7 Å². The summed E-state index contributed by atoms with van der Waals surface area (Å²) < 4.78 is 29.8. The van der Waals surface area contributed by atoms with Gasteiger partial charge in [-0.1, -0.05) is 108 Å². The maximum atomic E-state index is 14.9. The van der Waals surface area contributed by atoms with Crippen molar-refractivity contribution in [3.63, 3.8) is 0 Å². The van der Waals surface area contributed by atoms with Gasteiger partial charge in [0.25, 0.3) is 0 Å². The van der Waals surface area contributed by atoms with E-state index in [4.69, 9.17) is 11.6 Å². The lowest BCUT2D eigenvalue weighted by Crippen LogP contribution is -2.18. The van der Waals surface area contributed by atoms with Gasteiger partial charge < -0.3 is 0 Å². The second-order valence-corrected chi connectivity index (χ2v) is 12.9. The first-order chi connectivity index (χ1) is 18.5. The summed E-state index contributed by atoms with van der Waals surface area (Å²) >= 11 is 5.94. The maximum absolute atomic E-state index is 14.9. The highest BCUT2D eigenvalue weighted by Gasteiger charge is 2.26. The van der Waals surface area contributed by atoms with Crippen molar-refractivity contribution < 1.29 is 8.78 Å². The van der Waals surface area contributed by atoms with Crippen molar-refractivity contribution in [1.29, 1.82) is 0 Å². The van der Waals surface area contributed by atoms with Gasteiger partial charge in [-0.05, 0) is 97.6 Å². The van der Waals surface area contributed by atoms with Gasteiger partial charge in [0, 0.05) is 10.6 Å². The summed E-state index contributed by atoms with van der Waals surface area (Å²) in [5, 5.41) is 0.677. The van der Waals surface area contributed by atoms with Crippen molar-refractivity contribution in [3.8, 4) is 0 Å². The molecule has 0 N–H and O–H groups in total. The van der Waals surface area contributed by atoms with Gasteiger partial charge in [-0.25, -0.2) is 8.78 Å². The second kappa shape index (κ2) is 15.4. The predicted molar refractivity (Wildman–Crippen MR) is 158 cm³/mol. The second-order valence-electron chi connectivity index (χ2n) is 12.5. The fourth-order valence-corrected chi connectivity index (χ4v) is 7.24. The fourth-order valence-electron chi connectivity index (χ4n) is 7.12. The third-order valence-corrected chi connectivity index (χ3v) is 9.98. The van der Waals surface area contributed by atoms with Crippen LogP contribution in [0.3, 0.4) is 0 Å². The molecule has 0 bridgehead atoms. The van der Waals surface area contributed by atoms with Crippen LogP contribution in [0.1, 0.15) is 132 Å². The number of unbranched alkanes of at least 4 members (excludes halogenated alkanes) is 4. The first-order valence-corrected chi connectivity index (χ1v) is 16.1. The molecule has 2 aliphatic carbocycles. The molecular weight excluding hydrogens is 494 g/mol. The Morgan fingerprint density at radius 3 is 1.76 bits per heavy atom. The highest BCUT2D eigenvalue weighted by Crippen LogP contribution is 2.41. The van der Waals surface area contributed by atoms with E-state index < -0.39 is 0 Å². The zero-order chi connectivity index (χ0) is 26.7. The highest BCUT2D eigenvalue weighted by atomic mass is 35.5. The maximum Gasteiger partial charge on any atom is 0.129 e. The molecule has 3 heteroatoms. The highest BCUT2D eigenvalue weighted by molar-refractivity contribution is 6.30. The lowest BCUT2D eigenvalue weighted by atomic mass is 9.74. The SMILES string of the molecule is CCCCCCCC1CCC(CCC2CCC(c3cc(F)c(CCc4ccc(Cl)cc4)c(F)c3)CC2)CC1. The number of hydrogen-bond donors (Lipinski definition) is 0. The van der Waals surface area contributed by atoms with Gasteiger partial charge in [0.1, 0.15) is 11.6 Å². The average molecular weight is 543 g/mol. The molecule has 2 aromatic rings. The third-order valence-electron chi connectivity index (χ3n) is 9.72. The summed E-state index contributed by atoms with van der Waals surface area (Å²) in [6.45, 7) is 2.29. The standard InChI is InChI=1S/C35H49ClF2/c1-2-3-4-5-6-7-26-8-10-27(11-9-26)12-13-28-14-19-30(20-15-28)31-24-34(37)33(35(38)25-31)23-18-29-16-21-32(36)22-17-29/h16-17,21-22,24-28,30H,2-15,18-20,23H2,1H3. The van der Waals surface area contributed by atoms with Gasteiger partial charge in [-0.2, -0.15) is 0 Å². The summed E-state index contributed by atoms with van der Waals surface area (Å²) in [6, 6.07) is 10.7. The van der Waals surface area contributed by atoms with Gasteiger partial charge in [0.15, 0.2) is 0 Å². The average Bonchev–Trinajstić information content (AvgIpc) is 2.93. The molecule has 38 heavy (non-hydrogen) atoms. The molecule has 0 spiro atoms. The van der Waals surface area contributed by atoms with E-state index in [-0.39, 0.29) is 17.2 Å².